The van der Waals surface area contributed by atoms with Crippen LogP contribution in [0.15, 0.2) is 59.7 Å². The zero-order valence-electron chi connectivity index (χ0n) is 12.3. The first-order valence-corrected chi connectivity index (χ1v) is 7.68. The molecule has 4 heteroatoms. The van der Waals surface area contributed by atoms with Crippen LogP contribution in [0.5, 0.6) is 0 Å². The highest BCUT2D eigenvalue weighted by Gasteiger charge is 2.43. The lowest BCUT2D eigenvalue weighted by molar-refractivity contribution is -0.122. The van der Waals surface area contributed by atoms with E-state index in [2.05, 4.69) is 22.7 Å². The van der Waals surface area contributed by atoms with Crippen molar-refractivity contribution in [3.63, 3.8) is 0 Å². The number of nitrogens with one attached hydrogen (secondary N) is 1. The molecule has 0 spiro atoms. The van der Waals surface area contributed by atoms with Crippen LogP contribution in [-0.2, 0) is 4.79 Å². The molecular weight excluding hydrogens is 296 g/mol. The molecule has 3 nitrogen and oxygen atoms in total. The summed E-state index contributed by atoms with van der Waals surface area (Å²) >= 11 is 6.12. The van der Waals surface area contributed by atoms with Crippen molar-refractivity contribution in [3.05, 3.63) is 70.7 Å². The molecule has 0 heterocycles. The van der Waals surface area contributed by atoms with E-state index in [1.807, 2.05) is 49.4 Å². The summed E-state index contributed by atoms with van der Waals surface area (Å²) in [7, 11) is 0. The molecule has 1 amide bonds. The Hall–Kier alpha value is -2.13. The summed E-state index contributed by atoms with van der Waals surface area (Å²) < 4.78 is 0. The molecule has 112 valence electrons. The third kappa shape index (κ3) is 3.20. The molecule has 0 bridgehead atoms. The molecule has 1 aliphatic carbocycles. The van der Waals surface area contributed by atoms with Crippen LogP contribution in [-0.4, -0.2) is 11.6 Å². The average molecular weight is 313 g/mol. The van der Waals surface area contributed by atoms with Crippen LogP contribution in [0.25, 0.3) is 0 Å². The molecule has 0 aliphatic heterocycles. The molecular formula is C18H17ClN2O. The van der Waals surface area contributed by atoms with Gasteiger partial charge in [-0.15, -0.1) is 0 Å². The fraction of sp³-hybridized carbons (Fsp3) is 0.222. The van der Waals surface area contributed by atoms with Crippen molar-refractivity contribution in [1.29, 1.82) is 0 Å². The number of carbonyl (C=O) groups is 1. The highest BCUT2D eigenvalue weighted by atomic mass is 35.5. The number of hydrogen-bond acceptors (Lipinski definition) is 2. The fourth-order valence-electron chi connectivity index (χ4n) is 2.59. The SMILES string of the molecule is CC(=NNC(=O)[C@H]1C[C@H]1c1ccccc1)c1ccccc1Cl. The molecule has 1 N–H and O–H groups in total. The van der Waals surface area contributed by atoms with Crippen molar-refractivity contribution in [1.82, 2.24) is 5.43 Å². The van der Waals surface area contributed by atoms with E-state index in [-0.39, 0.29) is 11.8 Å². The van der Waals surface area contributed by atoms with Gasteiger partial charge in [0, 0.05) is 16.5 Å². The number of halogens is 1. The predicted octanol–water partition coefficient (Wildman–Crippen LogP) is 3.98. The Kier molecular flexibility index (Phi) is 4.25. The molecule has 22 heavy (non-hydrogen) atoms. The molecule has 3 rings (SSSR count). The summed E-state index contributed by atoms with van der Waals surface area (Å²) in [6.07, 6.45) is 0.885. The molecule has 0 saturated heterocycles. The summed E-state index contributed by atoms with van der Waals surface area (Å²) in [4.78, 5) is 12.2. The lowest BCUT2D eigenvalue weighted by Crippen LogP contribution is -2.21. The number of hydrogen-bond donors (Lipinski definition) is 1. The number of nitrogens with zero attached hydrogens (tertiary/aromatic N) is 1. The summed E-state index contributed by atoms with van der Waals surface area (Å²) in [5.41, 5.74) is 5.42. The quantitative estimate of drug-likeness (QED) is 0.673. The molecule has 0 unspecified atom stereocenters. The highest BCUT2D eigenvalue weighted by Crippen LogP contribution is 2.47. The summed E-state index contributed by atoms with van der Waals surface area (Å²) in [5.74, 6) is 0.308. The number of hydrazone groups is 1. The third-order valence-corrected chi connectivity index (χ3v) is 4.28. The Labute approximate surface area is 135 Å². The lowest BCUT2D eigenvalue weighted by Gasteiger charge is -2.04. The lowest BCUT2D eigenvalue weighted by atomic mass is 10.1. The van der Waals surface area contributed by atoms with E-state index >= 15 is 0 Å². The predicted molar refractivity (Wildman–Crippen MR) is 89.1 cm³/mol. The van der Waals surface area contributed by atoms with Gasteiger partial charge in [0.1, 0.15) is 0 Å². The highest BCUT2D eigenvalue weighted by molar-refractivity contribution is 6.34. The molecule has 1 fully saturated rings. The van der Waals surface area contributed by atoms with Crippen molar-refractivity contribution in [2.75, 3.05) is 0 Å². The van der Waals surface area contributed by atoms with Gasteiger partial charge in [0.2, 0.25) is 5.91 Å². The minimum absolute atomic E-state index is 0.0187. The molecule has 2 atom stereocenters. The van der Waals surface area contributed by atoms with Crippen molar-refractivity contribution in [3.8, 4) is 0 Å². The summed E-state index contributed by atoms with van der Waals surface area (Å²) in [6.45, 7) is 1.84. The Bertz CT molecular complexity index is 712. The van der Waals surface area contributed by atoms with Gasteiger partial charge >= 0.3 is 0 Å². The first-order valence-electron chi connectivity index (χ1n) is 7.31. The fourth-order valence-corrected chi connectivity index (χ4v) is 2.86. The van der Waals surface area contributed by atoms with E-state index in [4.69, 9.17) is 11.6 Å². The maximum atomic E-state index is 12.2. The molecule has 2 aromatic rings. The maximum Gasteiger partial charge on any atom is 0.243 e. The van der Waals surface area contributed by atoms with Crippen LogP contribution in [0.3, 0.4) is 0 Å². The van der Waals surface area contributed by atoms with E-state index in [1.165, 1.54) is 5.56 Å². The number of rotatable bonds is 4. The smallest absolute Gasteiger partial charge is 0.243 e. The molecule has 2 aromatic carbocycles. The van der Waals surface area contributed by atoms with Gasteiger partial charge < -0.3 is 0 Å². The molecule has 0 radical (unpaired) electrons. The number of carbonyl (C=O) groups excluding carboxylic acids is 1. The van der Waals surface area contributed by atoms with Gasteiger partial charge in [-0.3, -0.25) is 4.79 Å². The van der Waals surface area contributed by atoms with Gasteiger partial charge in [0.15, 0.2) is 0 Å². The zero-order chi connectivity index (χ0) is 15.5. The standard InChI is InChI=1S/C18H17ClN2O/c1-12(14-9-5-6-10-17(14)19)20-21-18(22)16-11-15(16)13-7-3-2-4-8-13/h2-10,15-16H,11H2,1H3,(H,21,22)/t15-,16-/m0/s1. The topological polar surface area (TPSA) is 41.5 Å². The minimum Gasteiger partial charge on any atom is -0.273 e. The van der Waals surface area contributed by atoms with Crippen LogP contribution >= 0.6 is 11.6 Å². The Morgan fingerprint density at radius 1 is 1.14 bits per heavy atom. The first kappa shape index (κ1) is 14.8. The second kappa shape index (κ2) is 6.32. The van der Waals surface area contributed by atoms with Crippen LogP contribution in [0.1, 0.15) is 30.4 Å². The van der Waals surface area contributed by atoms with Crippen molar-refractivity contribution in [2.45, 2.75) is 19.3 Å². The van der Waals surface area contributed by atoms with Gasteiger partial charge in [0.25, 0.3) is 0 Å². The monoisotopic (exact) mass is 312 g/mol. The second-order valence-electron chi connectivity index (χ2n) is 5.51. The Morgan fingerprint density at radius 2 is 1.82 bits per heavy atom. The van der Waals surface area contributed by atoms with Gasteiger partial charge in [-0.05, 0) is 30.9 Å². The van der Waals surface area contributed by atoms with Gasteiger partial charge in [-0.25, -0.2) is 5.43 Å². The van der Waals surface area contributed by atoms with Crippen LogP contribution in [0.4, 0.5) is 0 Å². The normalized spacial score (nSPS) is 20.5. The van der Waals surface area contributed by atoms with Crippen molar-refractivity contribution < 1.29 is 4.79 Å². The Balaban J connectivity index is 1.62. The van der Waals surface area contributed by atoms with Gasteiger partial charge in [-0.2, -0.15) is 5.10 Å². The number of amides is 1. The van der Waals surface area contributed by atoms with E-state index < -0.39 is 0 Å². The van der Waals surface area contributed by atoms with Crippen LogP contribution in [0, 0.1) is 5.92 Å². The molecule has 0 aromatic heterocycles. The van der Waals surface area contributed by atoms with Crippen molar-refractivity contribution >= 4 is 23.2 Å². The molecule has 1 saturated carbocycles. The average Bonchev–Trinajstić information content (AvgIpc) is 3.34. The second-order valence-corrected chi connectivity index (χ2v) is 5.92. The van der Waals surface area contributed by atoms with E-state index in [1.54, 1.807) is 0 Å². The van der Waals surface area contributed by atoms with Crippen LogP contribution in [0.2, 0.25) is 5.02 Å². The van der Waals surface area contributed by atoms with Gasteiger partial charge in [-0.1, -0.05) is 60.1 Å². The summed E-state index contributed by atoms with van der Waals surface area (Å²) in [6, 6.07) is 17.6. The van der Waals surface area contributed by atoms with E-state index in [0.717, 1.165) is 12.0 Å². The van der Waals surface area contributed by atoms with Crippen molar-refractivity contribution in [2.24, 2.45) is 11.0 Å². The molecule has 1 aliphatic rings. The number of benzene rings is 2. The van der Waals surface area contributed by atoms with E-state index in [9.17, 15) is 4.79 Å². The van der Waals surface area contributed by atoms with Gasteiger partial charge in [0.05, 0.1) is 5.71 Å². The minimum atomic E-state index is -0.0275. The summed E-state index contributed by atoms with van der Waals surface area (Å²) in [5, 5.41) is 4.81. The largest absolute Gasteiger partial charge is 0.273 e. The maximum absolute atomic E-state index is 12.2. The third-order valence-electron chi connectivity index (χ3n) is 3.95. The Morgan fingerprint density at radius 3 is 2.55 bits per heavy atom. The first-order chi connectivity index (χ1) is 10.7. The van der Waals surface area contributed by atoms with E-state index in [0.29, 0.717) is 16.7 Å². The zero-order valence-corrected chi connectivity index (χ0v) is 13.0. The van der Waals surface area contributed by atoms with Crippen LogP contribution < -0.4 is 5.43 Å².